The number of nitrogens with one attached hydrogen (secondary N) is 2. The SMILES string of the molecule is CNCC(C)C(=O)NCCc1cc(OC)c(OC)cc1[N+](=O)[O-]. The van der Waals surface area contributed by atoms with E-state index in [1.807, 2.05) is 6.92 Å². The van der Waals surface area contributed by atoms with Gasteiger partial charge in [0.2, 0.25) is 5.91 Å². The molecule has 8 heteroatoms. The van der Waals surface area contributed by atoms with Crippen LogP contribution in [0, 0.1) is 16.0 Å². The van der Waals surface area contributed by atoms with Crippen LogP contribution in [0.4, 0.5) is 5.69 Å². The smallest absolute Gasteiger partial charge is 0.276 e. The second-order valence-electron chi connectivity index (χ2n) is 5.09. The van der Waals surface area contributed by atoms with Gasteiger partial charge in [0.1, 0.15) is 0 Å². The van der Waals surface area contributed by atoms with Crippen molar-refractivity contribution in [3.63, 3.8) is 0 Å². The third-order valence-electron chi connectivity index (χ3n) is 3.43. The van der Waals surface area contributed by atoms with E-state index in [1.54, 1.807) is 13.1 Å². The van der Waals surface area contributed by atoms with E-state index in [1.165, 1.54) is 20.3 Å². The van der Waals surface area contributed by atoms with Crippen molar-refractivity contribution >= 4 is 11.6 Å². The highest BCUT2D eigenvalue weighted by molar-refractivity contribution is 5.78. The van der Waals surface area contributed by atoms with Crippen molar-refractivity contribution in [3.05, 3.63) is 27.8 Å². The van der Waals surface area contributed by atoms with Gasteiger partial charge in [-0.2, -0.15) is 0 Å². The van der Waals surface area contributed by atoms with Gasteiger partial charge in [-0.25, -0.2) is 0 Å². The predicted octanol–water partition coefficient (Wildman–Crippen LogP) is 1.13. The lowest BCUT2D eigenvalue weighted by atomic mass is 10.1. The van der Waals surface area contributed by atoms with Crippen LogP contribution in [-0.2, 0) is 11.2 Å². The summed E-state index contributed by atoms with van der Waals surface area (Å²) in [5.74, 6) is 0.459. The molecule has 128 valence electrons. The summed E-state index contributed by atoms with van der Waals surface area (Å²) in [6.45, 7) is 2.69. The van der Waals surface area contributed by atoms with E-state index in [0.29, 0.717) is 36.6 Å². The summed E-state index contributed by atoms with van der Waals surface area (Å²) in [4.78, 5) is 22.6. The van der Waals surface area contributed by atoms with Crippen molar-refractivity contribution in [1.82, 2.24) is 10.6 Å². The number of hydrogen-bond acceptors (Lipinski definition) is 6. The van der Waals surface area contributed by atoms with Gasteiger partial charge in [-0.3, -0.25) is 14.9 Å². The lowest BCUT2D eigenvalue weighted by Gasteiger charge is -2.13. The number of carbonyl (C=O) groups excluding carboxylic acids is 1. The van der Waals surface area contributed by atoms with Crippen molar-refractivity contribution in [2.75, 3.05) is 34.4 Å². The van der Waals surface area contributed by atoms with Crippen LogP contribution in [0.3, 0.4) is 0 Å². The molecule has 0 aliphatic rings. The molecule has 2 N–H and O–H groups in total. The van der Waals surface area contributed by atoms with Crippen LogP contribution < -0.4 is 20.1 Å². The first kappa shape index (κ1) is 18.7. The van der Waals surface area contributed by atoms with Crippen molar-refractivity contribution in [1.29, 1.82) is 0 Å². The highest BCUT2D eigenvalue weighted by Gasteiger charge is 2.19. The lowest BCUT2D eigenvalue weighted by molar-refractivity contribution is -0.385. The Hall–Kier alpha value is -2.35. The molecule has 0 saturated carbocycles. The molecular weight excluding hydrogens is 302 g/mol. The average Bonchev–Trinajstić information content (AvgIpc) is 2.53. The first-order chi connectivity index (χ1) is 10.9. The molecule has 0 spiro atoms. The van der Waals surface area contributed by atoms with E-state index in [-0.39, 0.29) is 17.5 Å². The molecule has 0 aliphatic carbocycles. The van der Waals surface area contributed by atoms with Gasteiger partial charge in [-0.15, -0.1) is 0 Å². The zero-order valence-electron chi connectivity index (χ0n) is 13.8. The Morgan fingerprint density at radius 1 is 1.30 bits per heavy atom. The number of rotatable bonds is 9. The van der Waals surface area contributed by atoms with Crippen molar-refractivity contribution < 1.29 is 19.2 Å². The quantitative estimate of drug-likeness (QED) is 0.521. The Morgan fingerprint density at radius 2 is 1.91 bits per heavy atom. The minimum Gasteiger partial charge on any atom is -0.493 e. The van der Waals surface area contributed by atoms with Crippen LogP contribution in [-0.4, -0.2) is 45.2 Å². The van der Waals surface area contributed by atoms with E-state index in [4.69, 9.17) is 9.47 Å². The average molecular weight is 325 g/mol. The summed E-state index contributed by atoms with van der Waals surface area (Å²) in [6, 6.07) is 2.90. The van der Waals surface area contributed by atoms with Gasteiger partial charge in [-0.1, -0.05) is 6.92 Å². The molecule has 23 heavy (non-hydrogen) atoms. The number of methoxy groups -OCH3 is 2. The molecule has 0 fully saturated rings. The Balaban J connectivity index is 2.83. The Morgan fingerprint density at radius 3 is 2.43 bits per heavy atom. The number of amides is 1. The fourth-order valence-electron chi connectivity index (χ4n) is 2.17. The first-order valence-electron chi connectivity index (χ1n) is 7.26. The topological polar surface area (TPSA) is 103 Å². The van der Waals surface area contributed by atoms with Gasteiger partial charge in [0.05, 0.1) is 25.2 Å². The lowest BCUT2D eigenvalue weighted by Crippen LogP contribution is -2.35. The maximum Gasteiger partial charge on any atom is 0.276 e. The molecular formula is C15H23N3O5. The molecule has 0 aliphatic heterocycles. The van der Waals surface area contributed by atoms with Gasteiger partial charge in [0, 0.05) is 24.6 Å². The van der Waals surface area contributed by atoms with E-state index in [2.05, 4.69) is 10.6 Å². The summed E-state index contributed by atoms with van der Waals surface area (Å²) in [7, 11) is 4.66. The van der Waals surface area contributed by atoms with Gasteiger partial charge in [0.25, 0.3) is 5.69 Å². The second kappa shape index (κ2) is 8.94. The largest absolute Gasteiger partial charge is 0.493 e. The molecule has 1 atom stereocenters. The molecule has 0 radical (unpaired) electrons. The minimum absolute atomic E-state index is 0.0554. The molecule has 1 aromatic rings. The second-order valence-corrected chi connectivity index (χ2v) is 5.09. The molecule has 0 saturated heterocycles. The van der Waals surface area contributed by atoms with Crippen molar-refractivity contribution in [2.45, 2.75) is 13.3 Å². The third kappa shape index (κ3) is 5.10. The zero-order valence-corrected chi connectivity index (χ0v) is 13.8. The van der Waals surface area contributed by atoms with E-state index < -0.39 is 4.92 Å². The Kier molecular flexibility index (Phi) is 7.27. The highest BCUT2D eigenvalue weighted by atomic mass is 16.6. The van der Waals surface area contributed by atoms with Gasteiger partial charge in [0.15, 0.2) is 11.5 Å². The summed E-state index contributed by atoms with van der Waals surface area (Å²) in [6.07, 6.45) is 0.328. The third-order valence-corrected chi connectivity index (χ3v) is 3.43. The van der Waals surface area contributed by atoms with Crippen molar-refractivity contribution in [2.24, 2.45) is 5.92 Å². The number of benzene rings is 1. The molecule has 1 aromatic carbocycles. The van der Waals surface area contributed by atoms with E-state index >= 15 is 0 Å². The minimum atomic E-state index is -0.470. The zero-order chi connectivity index (χ0) is 17.4. The maximum absolute atomic E-state index is 11.8. The molecule has 0 heterocycles. The molecule has 8 nitrogen and oxygen atoms in total. The molecule has 1 unspecified atom stereocenters. The Bertz CT molecular complexity index is 562. The van der Waals surface area contributed by atoms with Gasteiger partial charge < -0.3 is 20.1 Å². The fraction of sp³-hybridized carbons (Fsp3) is 0.533. The van der Waals surface area contributed by atoms with E-state index in [9.17, 15) is 14.9 Å². The summed E-state index contributed by atoms with van der Waals surface area (Å²) in [5, 5.41) is 16.9. The van der Waals surface area contributed by atoms with Crippen molar-refractivity contribution in [3.8, 4) is 11.5 Å². The number of carbonyl (C=O) groups is 1. The fourth-order valence-corrected chi connectivity index (χ4v) is 2.17. The molecule has 0 aromatic heterocycles. The van der Waals surface area contributed by atoms with Crippen LogP contribution in [0.1, 0.15) is 12.5 Å². The molecule has 0 bridgehead atoms. The highest BCUT2D eigenvalue weighted by Crippen LogP contribution is 2.34. The maximum atomic E-state index is 11.8. The van der Waals surface area contributed by atoms with Crippen LogP contribution >= 0.6 is 0 Å². The molecule has 1 amide bonds. The number of nitro groups is 1. The molecule has 1 rings (SSSR count). The first-order valence-corrected chi connectivity index (χ1v) is 7.26. The van der Waals surface area contributed by atoms with Crippen LogP contribution in [0.2, 0.25) is 0 Å². The van der Waals surface area contributed by atoms with Crippen LogP contribution in [0.5, 0.6) is 11.5 Å². The number of ether oxygens (including phenoxy) is 2. The Labute approximate surface area is 135 Å². The van der Waals surface area contributed by atoms with Gasteiger partial charge in [-0.05, 0) is 19.5 Å². The van der Waals surface area contributed by atoms with Crippen LogP contribution in [0.15, 0.2) is 12.1 Å². The number of nitro benzene ring substituents is 1. The normalized spacial score (nSPS) is 11.7. The number of nitrogens with zero attached hydrogens (tertiary/aromatic N) is 1. The van der Waals surface area contributed by atoms with E-state index in [0.717, 1.165) is 0 Å². The standard InChI is InChI=1S/C15H23N3O5/c1-10(9-16-2)15(19)17-6-5-11-7-13(22-3)14(23-4)8-12(11)18(20)21/h7-8,10,16H,5-6,9H2,1-4H3,(H,17,19). The summed E-state index contributed by atoms with van der Waals surface area (Å²) in [5.41, 5.74) is 0.425. The van der Waals surface area contributed by atoms with Crippen LogP contribution in [0.25, 0.3) is 0 Å². The monoisotopic (exact) mass is 325 g/mol. The van der Waals surface area contributed by atoms with Gasteiger partial charge >= 0.3 is 0 Å². The predicted molar refractivity (Wildman–Crippen MR) is 86.0 cm³/mol. The summed E-state index contributed by atoms with van der Waals surface area (Å²) >= 11 is 0. The summed E-state index contributed by atoms with van der Waals surface area (Å²) < 4.78 is 10.2. The number of hydrogen-bond donors (Lipinski definition) is 2.